The molecule has 0 spiro atoms. The molecule has 1 N–H and O–H groups in total. The fraction of sp³-hybridized carbons (Fsp3) is 0.700. The SMILES string of the molecule is CNCc1cnc(C2CCCS(=O)(=O)C2)s1. The number of sulfone groups is 1. The summed E-state index contributed by atoms with van der Waals surface area (Å²) in [5.41, 5.74) is 0. The zero-order valence-corrected chi connectivity index (χ0v) is 10.9. The van der Waals surface area contributed by atoms with Crippen molar-refractivity contribution in [1.29, 1.82) is 0 Å². The maximum Gasteiger partial charge on any atom is 0.151 e. The van der Waals surface area contributed by atoms with Gasteiger partial charge in [-0.1, -0.05) is 0 Å². The molecule has 0 radical (unpaired) electrons. The Labute approximate surface area is 100 Å². The Kier molecular flexibility index (Phi) is 3.61. The van der Waals surface area contributed by atoms with Crippen LogP contribution in [-0.2, 0) is 16.4 Å². The minimum absolute atomic E-state index is 0.120. The van der Waals surface area contributed by atoms with Crippen molar-refractivity contribution in [1.82, 2.24) is 10.3 Å². The summed E-state index contributed by atoms with van der Waals surface area (Å²) in [4.78, 5) is 5.51. The Morgan fingerprint density at radius 2 is 2.44 bits per heavy atom. The highest BCUT2D eigenvalue weighted by Gasteiger charge is 2.27. The molecule has 1 saturated heterocycles. The van der Waals surface area contributed by atoms with Crippen LogP contribution in [-0.4, -0.2) is 32.0 Å². The van der Waals surface area contributed by atoms with Crippen LogP contribution in [0.4, 0.5) is 0 Å². The van der Waals surface area contributed by atoms with Crippen LogP contribution in [0.1, 0.15) is 28.6 Å². The van der Waals surface area contributed by atoms with Crippen LogP contribution >= 0.6 is 11.3 Å². The number of hydrogen-bond donors (Lipinski definition) is 1. The molecule has 1 aromatic rings. The van der Waals surface area contributed by atoms with E-state index in [0.29, 0.717) is 5.75 Å². The Morgan fingerprint density at radius 1 is 1.62 bits per heavy atom. The first kappa shape index (κ1) is 12.0. The maximum absolute atomic E-state index is 11.5. The van der Waals surface area contributed by atoms with Gasteiger partial charge in [0.1, 0.15) is 0 Å². The third kappa shape index (κ3) is 2.81. The van der Waals surface area contributed by atoms with Crippen molar-refractivity contribution in [3.8, 4) is 0 Å². The molecule has 1 aliphatic rings. The van der Waals surface area contributed by atoms with Gasteiger partial charge in [-0.05, 0) is 19.9 Å². The van der Waals surface area contributed by atoms with Crippen LogP contribution in [0.2, 0.25) is 0 Å². The molecular formula is C10H16N2O2S2. The summed E-state index contributed by atoms with van der Waals surface area (Å²) in [6.45, 7) is 0.803. The Hall–Kier alpha value is -0.460. The van der Waals surface area contributed by atoms with Crippen LogP contribution < -0.4 is 5.32 Å². The van der Waals surface area contributed by atoms with Gasteiger partial charge in [0, 0.05) is 23.5 Å². The van der Waals surface area contributed by atoms with E-state index >= 15 is 0 Å². The summed E-state index contributed by atoms with van der Waals surface area (Å²) < 4.78 is 23.1. The fourth-order valence-corrected chi connectivity index (χ4v) is 4.86. The molecular weight excluding hydrogens is 244 g/mol. The first-order chi connectivity index (χ1) is 7.61. The first-order valence-electron chi connectivity index (χ1n) is 5.40. The third-order valence-corrected chi connectivity index (χ3v) is 5.72. The molecule has 1 unspecified atom stereocenters. The summed E-state index contributed by atoms with van der Waals surface area (Å²) in [6, 6.07) is 0. The minimum atomic E-state index is -2.83. The second kappa shape index (κ2) is 4.81. The monoisotopic (exact) mass is 260 g/mol. The molecule has 16 heavy (non-hydrogen) atoms. The third-order valence-electron chi connectivity index (χ3n) is 2.73. The Bertz CT molecular complexity index is 453. The van der Waals surface area contributed by atoms with Crippen molar-refractivity contribution in [2.24, 2.45) is 0 Å². The van der Waals surface area contributed by atoms with E-state index < -0.39 is 9.84 Å². The standard InChI is InChI=1S/C10H16N2O2S2/c1-11-5-9-6-12-10(15-9)8-3-2-4-16(13,14)7-8/h6,8,11H,2-5,7H2,1H3. The molecule has 0 aliphatic carbocycles. The van der Waals surface area contributed by atoms with Crippen LogP contribution in [0.5, 0.6) is 0 Å². The van der Waals surface area contributed by atoms with E-state index in [-0.39, 0.29) is 11.7 Å². The van der Waals surface area contributed by atoms with E-state index in [2.05, 4.69) is 10.3 Å². The Morgan fingerprint density at radius 3 is 3.12 bits per heavy atom. The van der Waals surface area contributed by atoms with Gasteiger partial charge in [-0.25, -0.2) is 13.4 Å². The fourth-order valence-electron chi connectivity index (χ4n) is 1.98. The number of nitrogens with zero attached hydrogens (tertiary/aromatic N) is 1. The van der Waals surface area contributed by atoms with Gasteiger partial charge in [0.25, 0.3) is 0 Å². The smallest absolute Gasteiger partial charge is 0.151 e. The number of rotatable bonds is 3. The molecule has 2 heterocycles. The lowest BCUT2D eigenvalue weighted by Crippen LogP contribution is -2.23. The van der Waals surface area contributed by atoms with E-state index in [1.54, 1.807) is 11.3 Å². The van der Waals surface area contributed by atoms with Gasteiger partial charge in [0.2, 0.25) is 0 Å². The lowest BCUT2D eigenvalue weighted by Gasteiger charge is -2.19. The van der Waals surface area contributed by atoms with Crippen LogP contribution in [0.25, 0.3) is 0 Å². The number of thiazole rings is 1. The lowest BCUT2D eigenvalue weighted by atomic mass is 10.1. The molecule has 1 aliphatic heterocycles. The van der Waals surface area contributed by atoms with E-state index in [1.807, 2.05) is 13.2 Å². The quantitative estimate of drug-likeness (QED) is 0.886. The number of hydrogen-bond acceptors (Lipinski definition) is 5. The molecule has 0 amide bonds. The van der Waals surface area contributed by atoms with Crippen molar-refractivity contribution < 1.29 is 8.42 Å². The number of nitrogens with one attached hydrogen (secondary N) is 1. The molecule has 2 rings (SSSR count). The van der Waals surface area contributed by atoms with Crippen molar-refractivity contribution >= 4 is 21.2 Å². The summed E-state index contributed by atoms with van der Waals surface area (Å²) in [6.07, 6.45) is 3.57. The molecule has 1 fully saturated rings. The highest BCUT2D eigenvalue weighted by Crippen LogP contribution is 2.30. The van der Waals surface area contributed by atoms with Gasteiger partial charge in [-0.3, -0.25) is 0 Å². The molecule has 0 aromatic carbocycles. The predicted octanol–water partition coefficient (Wildman–Crippen LogP) is 1.15. The minimum Gasteiger partial charge on any atom is -0.315 e. The molecule has 6 heteroatoms. The van der Waals surface area contributed by atoms with Crippen LogP contribution in [0.3, 0.4) is 0 Å². The number of aromatic nitrogens is 1. The Balaban J connectivity index is 2.11. The van der Waals surface area contributed by atoms with E-state index in [1.165, 1.54) is 4.88 Å². The maximum atomic E-state index is 11.5. The lowest BCUT2D eigenvalue weighted by molar-refractivity contribution is 0.553. The zero-order chi connectivity index (χ0) is 11.6. The van der Waals surface area contributed by atoms with Crippen LogP contribution in [0, 0.1) is 0 Å². The highest BCUT2D eigenvalue weighted by atomic mass is 32.2. The molecule has 0 bridgehead atoms. The summed E-state index contributed by atoms with van der Waals surface area (Å²) in [5.74, 6) is 0.743. The topological polar surface area (TPSA) is 59.1 Å². The summed E-state index contributed by atoms with van der Waals surface area (Å²) in [7, 11) is -0.939. The van der Waals surface area contributed by atoms with E-state index in [0.717, 1.165) is 24.4 Å². The van der Waals surface area contributed by atoms with E-state index in [4.69, 9.17) is 0 Å². The van der Waals surface area contributed by atoms with Gasteiger partial charge >= 0.3 is 0 Å². The molecule has 0 saturated carbocycles. The summed E-state index contributed by atoms with van der Waals surface area (Å²) >= 11 is 1.63. The predicted molar refractivity (Wildman–Crippen MR) is 65.5 cm³/mol. The van der Waals surface area contributed by atoms with Crippen molar-refractivity contribution in [3.63, 3.8) is 0 Å². The second-order valence-corrected chi connectivity index (χ2v) is 7.52. The first-order valence-corrected chi connectivity index (χ1v) is 8.04. The van der Waals surface area contributed by atoms with Gasteiger partial charge in [0.15, 0.2) is 9.84 Å². The average molecular weight is 260 g/mol. The van der Waals surface area contributed by atoms with Crippen molar-refractivity contribution in [2.75, 3.05) is 18.6 Å². The highest BCUT2D eigenvalue weighted by molar-refractivity contribution is 7.91. The van der Waals surface area contributed by atoms with Gasteiger partial charge < -0.3 is 5.32 Å². The zero-order valence-electron chi connectivity index (χ0n) is 9.27. The second-order valence-electron chi connectivity index (χ2n) is 4.15. The van der Waals surface area contributed by atoms with Gasteiger partial charge in [0.05, 0.1) is 16.5 Å². The molecule has 1 atom stereocenters. The largest absolute Gasteiger partial charge is 0.315 e. The average Bonchev–Trinajstić information content (AvgIpc) is 2.65. The van der Waals surface area contributed by atoms with E-state index in [9.17, 15) is 8.42 Å². The van der Waals surface area contributed by atoms with Crippen molar-refractivity contribution in [2.45, 2.75) is 25.3 Å². The van der Waals surface area contributed by atoms with Crippen LogP contribution in [0.15, 0.2) is 6.20 Å². The molecule has 1 aromatic heterocycles. The van der Waals surface area contributed by atoms with Gasteiger partial charge in [-0.15, -0.1) is 11.3 Å². The summed E-state index contributed by atoms with van der Waals surface area (Å²) in [5, 5.41) is 4.05. The molecule has 90 valence electrons. The van der Waals surface area contributed by atoms with Crippen molar-refractivity contribution in [3.05, 3.63) is 16.1 Å². The molecule has 4 nitrogen and oxygen atoms in total. The normalized spacial score (nSPS) is 24.4. The van der Waals surface area contributed by atoms with Gasteiger partial charge in [-0.2, -0.15) is 0 Å².